The van der Waals surface area contributed by atoms with Gasteiger partial charge in [-0.05, 0) is 68.6 Å². The van der Waals surface area contributed by atoms with E-state index in [1.165, 1.54) is 32.2 Å². The average Bonchev–Trinajstić information content (AvgIpc) is 2.65. The highest BCUT2D eigenvalue weighted by molar-refractivity contribution is 7.90. The first-order chi connectivity index (χ1) is 12.4. The fraction of sp³-hybridized carbons (Fsp3) is 0.450. The third kappa shape index (κ3) is 3.35. The minimum absolute atomic E-state index is 0.337. The maximum atomic E-state index is 11.6. The van der Waals surface area contributed by atoms with E-state index in [4.69, 9.17) is 0 Å². The minimum Gasteiger partial charge on any atom is -0.365 e. The molecule has 3 aliphatic heterocycles. The number of hydrogen-bond acceptors (Lipinski definition) is 5. The summed E-state index contributed by atoms with van der Waals surface area (Å²) in [6.45, 7) is 4.75. The summed E-state index contributed by atoms with van der Waals surface area (Å²) in [5, 5.41) is 3.64. The lowest BCUT2D eigenvalue weighted by atomic mass is 9.79. The predicted octanol–water partition coefficient (Wildman–Crippen LogP) is 3.05. The molecule has 0 spiro atoms. The second-order valence-electron chi connectivity index (χ2n) is 7.51. The number of aromatic nitrogens is 1. The van der Waals surface area contributed by atoms with Crippen LogP contribution in [0.1, 0.15) is 19.8 Å². The van der Waals surface area contributed by atoms with E-state index in [0.29, 0.717) is 17.0 Å². The zero-order valence-corrected chi connectivity index (χ0v) is 16.0. The first-order valence-corrected chi connectivity index (χ1v) is 11.1. The van der Waals surface area contributed by atoms with E-state index in [1.54, 1.807) is 12.1 Å². The third-order valence-corrected chi connectivity index (χ3v) is 7.00. The van der Waals surface area contributed by atoms with E-state index < -0.39 is 9.84 Å². The topological polar surface area (TPSA) is 62.3 Å². The molecule has 1 aromatic carbocycles. The van der Waals surface area contributed by atoms with Gasteiger partial charge >= 0.3 is 0 Å². The number of fused-ring (bicyclic) bond motifs is 3. The Morgan fingerprint density at radius 2 is 1.69 bits per heavy atom. The molecule has 0 unspecified atom stereocenters. The largest absolute Gasteiger partial charge is 0.365 e. The van der Waals surface area contributed by atoms with Crippen LogP contribution in [-0.2, 0) is 9.84 Å². The Morgan fingerprint density at radius 3 is 2.23 bits per heavy atom. The van der Waals surface area contributed by atoms with Crippen LogP contribution in [0.5, 0.6) is 0 Å². The van der Waals surface area contributed by atoms with Gasteiger partial charge in [0.15, 0.2) is 9.84 Å². The van der Waals surface area contributed by atoms with Gasteiger partial charge in [-0.25, -0.2) is 13.4 Å². The summed E-state index contributed by atoms with van der Waals surface area (Å²) in [5.41, 5.74) is 1.95. The Labute approximate surface area is 155 Å². The van der Waals surface area contributed by atoms with Crippen molar-refractivity contribution >= 4 is 15.7 Å². The summed E-state index contributed by atoms with van der Waals surface area (Å²) in [5.74, 6) is 1.65. The normalized spacial score (nSPS) is 28.1. The van der Waals surface area contributed by atoms with Gasteiger partial charge in [-0.2, -0.15) is 0 Å². The zero-order chi connectivity index (χ0) is 18.3. The van der Waals surface area contributed by atoms with Crippen LogP contribution >= 0.6 is 0 Å². The molecule has 4 heterocycles. The van der Waals surface area contributed by atoms with Gasteiger partial charge in [-0.1, -0.05) is 12.1 Å². The van der Waals surface area contributed by atoms with Gasteiger partial charge in [-0.15, -0.1) is 0 Å². The van der Waals surface area contributed by atoms with Crippen molar-refractivity contribution in [3.63, 3.8) is 0 Å². The summed E-state index contributed by atoms with van der Waals surface area (Å²) in [6, 6.07) is 12.0. The summed E-state index contributed by atoms with van der Waals surface area (Å²) < 4.78 is 23.1. The summed E-state index contributed by atoms with van der Waals surface area (Å²) in [7, 11) is -3.16. The summed E-state index contributed by atoms with van der Waals surface area (Å²) in [6.07, 6.45) is 5.61. The standard InChI is InChI=1S/C20H25N3O2S/c1-14-20(16-9-11-23(14)12-10-16)22-19-8-5-17(13-21-19)15-3-6-18(7-4-15)26(2,24)25/h3-8,13-14,16,20H,9-12H2,1-2H3,(H,21,22)/t14-,20-/m1/s1. The molecule has 0 radical (unpaired) electrons. The first kappa shape index (κ1) is 17.5. The molecule has 1 N–H and O–H groups in total. The highest BCUT2D eigenvalue weighted by Gasteiger charge is 2.39. The van der Waals surface area contributed by atoms with Gasteiger partial charge in [0.25, 0.3) is 0 Å². The van der Waals surface area contributed by atoms with Crippen LogP contribution < -0.4 is 5.32 Å². The molecule has 1 aromatic heterocycles. The molecule has 0 amide bonds. The van der Waals surface area contributed by atoms with Crippen molar-refractivity contribution in [3.05, 3.63) is 42.6 Å². The summed E-state index contributed by atoms with van der Waals surface area (Å²) >= 11 is 0. The van der Waals surface area contributed by atoms with E-state index in [0.717, 1.165) is 22.9 Å². The van der Waals surface area contributed by atoms with Crippen molar-refractivity contribution in [1.82, 2.24) is 9.88 Å². The molecule has 3 saturated heterocycles. The Morgan fingerprint density at radius 1 is 1.04 bits per heavy atom. The molecule has 5 rings (SSSR count). The molecule has 3 fully saturated rings. The number of hydrogen-bond donors (Lipinski definition) is 1. The lowest BCUT2D eigenvalue weighted by Crippen LogP contribution is -2.59. The predicted molar refractivity (Wildman–Crippen MR) is 104 cm³/mol. The van der Waals surface area contributed by atoms with Gasteiger partial charge in [-0.3, -0.25) is 4.90 Å². The monoisotopic (exact) mass is 371 g/mol. The maximum absolute atomic E-state index is 11.6. The number of nitrogens with one attached hydrogen (secondary N) is 1. The number of anilines is 1. The molecule has 0 aliphatic carbocycles. The lowest BCUT2D eigenvalue weighted by Gasteiger charge is -2.50. The Kier molecular flexibility index (Phi) is 4.49. The Bertz CT molecular complexity index is 868. The van der Waals surface area contributed by atoms with Crippen LogP contribution in [0.25, 0.3) is 11.1 Å². The SMILES string of the molecule is C[C@@H]1[C@@H](Nc2ccc(-c3ccc(S(C)(=O)=O)cc3)cn2)C2CCN1CC2. The number of pyridine rings is 1. The number of sulfone groups is 1. The quantitative estimate of drug-likeness (QED) is 0.895. The molecule has 2 aromatic rings. The number of benzene rings is 1. The smallest absolute Gasteiger partial charge is 0.175 e. The average molecular weight is 372 g/mol. The van der Waals surface area contributed by atoms with E-state index in [9.17, 15) is 8.42 Å². The van der Waals surface area contributed by atoms with Gasteiger partial charge < -0.3 is 5.32 Å². The molecule has 26 heavy (non-hydrogen) atoms. The van der Waals surface area contributed by atoms with Gasteiger partial charge in [0.05, 0.1) is 4.90 Å². The van der Waals surface area contributed by atoms with Crippen LogP contribution in [0.2, 0.25) is 0 Å². The fourth-order valence-corrected chi connectivity index (χ4v) is 4.89. The lowest BCUT2D eigenvalue weighted by molar-refractivity contribution is 0.0457. The Hall–Kier alpha value is -1.92. The van der Waals surface area contributed by atoms with Gasteiger partial charge in [0, 0.05) is 30.1 Å². The van der Waals surface area contributed by atoms with Crippen molar-refractivity contribution in [2.24, 2.45) is 5.92 Å². The van der Waals surface area contributed by atoms with E-state index in [2.05, 4.69) is 22.1 Å². The van der Waals surface area contributed by atoms with Crippen molar-refractivity contribution in [2.45, 2.75) is 36.7 Å². The Balaban J connectivity index is 1.48. The van der Waals surface area contributed by atoms with Crippen LogP contribution in [0.15, 0.2) is 47.5 Å². The molecular formula is C20H25N3O2S. The van der Waals surface area contributed by atoms with Crippen LogP contribution in [0.4, 0.5) is 5.82 Å². The van der Waals surface area contributed by atoms with Crippen LogP contribution in [-0.4, -0.2) is 49.7 Å². The zero-order valence-electron chi connectivity index (χ0n) is 15.2. The third-order valence-electron chi connectivity index (χ3n) is 5.87. The molecule has 5 nitrogen and oxygen atoms in total. The first-order valence-electron chi connectivity index (χ1n) is 9.19. The number of piperidine rings is 3. The van der Waals surface area contributed by atoms with Crippen LogP contribution in [0, 0.1) is 5.92 Å². The van der Waals surface area contributed by atoms with Gasteiger partial charge in [0.1, 0.15) is 5.82 Å². The van der Waals surface area contributed by atoms with Crippen molar-refractivity contribution < 1.29 is 8.42 Å². The number of rotatable bonds is 4. The second-order valence-corrected chi connectivity index (χ2v) is 9.53. The molecule has 6 heteroatoms. The van der Waals surface area contributed by atoms with Crippen molar-refractivity contribution in [3.8, 4) is 11.1 Å². The fourth-order valence-electron chi connectivity index (χ4n) is 4.26. The van der Waals surface area contributed by atoms with E-state index >= 15 is 0 Å². The van der Waals surface area contributed by atoms with E-state index in [-0.39, 0.29) is 0 Å². The maximum Gasteiger partial charge on any atom is 0.175 e. The highest BCUT2D eigenvalue weighted by Crippen LogP contribution is 2.34. The van der Waals surface area contributed by atoms with Crippen molar-refractivity contribution in [1.29, 1.82) is 0 Å². The molecular weight excluding hydrogens is 346 g/mol. The molecule has 138 valence electrons. The highest BCUT2D eigenvalue weighted by atomic mass is 32.2. The minimum atomic E-state index is -3.16. The van der Waals surface area contributed by atoms with Crippen LogP contribution in [0.3, 0.4) is 0 Å². The van der Waals surface area contributed by atoms with Gasteiger partial charge in [0.2, 0.25) is 0 Å². The number of nitrogens with zero attached hydrogens (tertiary/aromatic N) is 2. The molecule has 0 saturated carbocycles. The molecule has 2 atom stereocenters. The van der Waals surface area contributed by atoms with E-state index in [1.807, 2.05) is 30.5 Å². The molecule has 3 aliphatic rings. The van der Waals surface area contributed by atoms with Crippen molar-refractivity contribution in [2.75, 3.05) is 24.7 Å². The second kappa shape index (κ2) is 6.67. The molecule has 2 bridgehead atoms. The summed E-state index contributed by atoms with van der Waals surface area (Å²) in [4.78, 5) is 7.49.